The Balaban J connectivity index is 1.45. The van der Waals surface area contributed by atoms with Crippen molar-refractivity contribution in [1.82, 2.24) is 0 Å². The summed E-state index contributed by atoms with van der Waals surface area (Å²) < 4.78 is 30.9. The first kappa shape index (κ1) is 11.6. The van der Waals surface area contributed by atoms with Gasteiger partial charge in [-0.2, -0.15) is 0 Å². The molecule has 3 unspecified atom stereocenters. The van der Waals surface area contributed by atoms with E-state index < -0.39 is 12.2 Å². The summed E-state index contributed by atoms with van der Waals surface area (Å²) in [5.74, 6) is -0.605. The molecule has 0 aromatic carbocycles. The average molecular weight is 258 g/mol. The van der Waals surface area contributed by atoms with Crippen molar-refractivity contribution < 1.29 is 18.6 Å². The minimum atomic E-state index is -3.16. The number of aliphatic hydroxyl groups is 1. The number of halogens is 2. The Kier molecular flexibility index (Phi) is 1.99. The van der Waals surface area contributed by atoms with Crippen molar-refractivity contribution >= 4 is 0 Å². The number of fused-ring (bicyclic) bond motifs is 1. The van der Waals surface area contributed by atoms with E-state index in [2.05, 4.69) is 0 Å². The van der Waals surface area contributed by atoms with Crippen LogP contribution in [0.4, 0.5) is 8.78 Å². The van der Waals surface area contributed by atoms with Crippen molar-refractivity contribution in [3.05, 3.63) is 0 Å². The van der Waals surface area contributed by atoms with E-state index in [9.17, 15) is 13.9 Å². The van der Waals surface area contributed by atoms with Crippen LogP contribution in [0.5, 0.6) is 0 Å². The van der Waals surface area contributed by atoms with E-state index >= 15 is 0 Å². The maximum Gasteiger partial charge on any atom is 0.295 e. The lowest BCUT2D eigenvalue weighted by Gasteiger charge is -2.74. The highest BCUT2D eigenvalue weighted by molar-refractivity contribution is 5.29. The van der Waals surface area contributed by atoms with Gasteiger partial charge in [-0.05, 0) is 55.3 Å². The highest BCUT2D eigenvalue weighted by atomic mass is 19.3. The van der Waals surface area contributed by atoms with Crippen LogP contribution < -0.4 is 0 Å². The van der Waals surface area contributed by atoms with Gasteiger partial charge >= 0.3 is 0 Å². The van der Waals surface area contributed by atoms with Crippen molar-refractivity contribution in [2.45, 2.75) is 51.2 Å². The van der Waals surface area contributed by atoms with Gasteiger partial charge in [0.15, 0.2) is 0 Å². The molecule has 1 spiro atoms. The summed E-state index contributed by atoms with van der Waals surface area (Å²) in [5, 5.41) is 9.32. The third kappa shape index (κ3) is 1.11. The molecule has 1 N–H and O–H groups in total. The largest absolute Gasteiger partial charge is 0.363 e. The summed E-state index contributed by atoms with van der Waals surface area (Å²) in [6.45, 7) is 1.04. The lowest BCUT2D eigenvalue weighted by atomic mass is 9.30. The first-order valence-electron chi connectivity index (χ1n) is 7.05. The molecule has 102 valence electrons. The first-order chi connectivity index (χ1) is 8.37. The van der Waals surface area contributed by atoms with Crippen LogP contribution in [0.25, 0.3) is 0 Å². The van der Waals surface area contributed by atoms with E-state index in [0.29, 0.717) is 18.9 Å². The number of aliphatic hydroxyl groups excluding tert-OH is 1. The summed E-state index contributed by atoms with van der Waals surface area (Å²) in [5.41, 5.74) is 0.570. The topological polar surface area (TPSA) is 29.5 Å². The van der Waals surface area contributed by atoms with Crippen LogP contribution in [0.2, 0.25) is 0 Å². The fourth-order valence-electron chi connectivity index (χ4n) is 6.03. The minimum Gasteiger partial charge on any atom is -0.363 e. The molecule has 0 aromatic heterocycles. The van der Waals surface area contributed by atoms with E-state index in [1.165, 1.54) is 19.3 Å². The molecule has 4 aliphatic carbocycles. The lowest BCUT2D eigenvalue weighted by Crippen LogP contribution is -2.70. The normalized spacial score (nSPS) is 53.7. The molecule has 0 aliphatic heterocycles. The summed E-state index contributed by atoms with van der Waals surface area (Å²) in [6.07, 6.45) is 4.34. The molecular formula is C14H20F2O2. The van der Waals surface area contributed by atoms with Gasteiger partial charge in [-0.3, -0.25) is 0 Å². The highest BCUT2D eigenvalue weighted by Crippen LogP contribution is 2.86. The molecule has 0 amide bonds. The standard InChI is InChI=1S/C14H20F2O2/c1-12(15,16)11(17)18-7-13-5-9-2-8-3-10(6-13)14(9,13)4-8/h8-11,17H,2-7H2,1H3. The van der Waals surface area contributed by atoms with E-state index in [1.807, 2.05) is 0 Å². The Morgan fingerprint density at radius 3 is 2.39 bits per heavy atom. The van der Waals surface area contributed by atoms with Gasteiger partial charge in [-0.1, -0.05) is 0 Å². The Bertz CT molecular complexity index is 374. The summed E-state index contributed by atoms with van der Waals surface area (Å²) in [4.78, 5) is 0. The lowest BCUT2D eigenvalue weighted by molar-refractivity contribution is -0.315. The molecule has 0 saturated heterocycles. The first-order valence-corrected chi connectivity index (χ1v) is 7.05. The Morgan fingerprint density at radius 1 is 1.28 bits per heavy atom. The van der Waals surface area contributed by atoms with Gasteiger partial charge < -0.3 is 9.84 Å². The fourth-order valence-corrected chi connectivity index (χ4v) is 6.03. The van der Waals surface area contributed by atoms with Crippen molar-refractivity contribution in [2.75, 3.05) is 6.61 Å². The maximum absolute atomic E-state index is 12.9. The second kappa shape index (κ2) is 3.09. The molecule has 2 bridgehead atoms. The van der Waals surface area contributed by atoms with Crippen LogP contribution in [-0.4, -0.2) is 23.9 Å². The monoisotopic (exact) mass is 258 g/mol. The quantitative estimate of drug-likeness (QED) is 0.786. The maximum atomic E-state index is 12.9. The summed E-state index contributed by atoms with van der Waals surface area (Å²) in [6, 6.07) is 0. The van der Waals surface area contributed by atoms with Gasteiger partial charge in [0.2, 0.25) is 6.29 Å². The van der Waals surface area contributed by atoms with Gasteiger partial charge in [0.25, 0.3) is 5.92 Å². The highest BCUT2D eigenvalue weighted by Gasteiger charge is 2.80. The van der Waals surface area contributed by atoms with Gasteiger partial charge in [0.1, 0.15) is 0 Å². The van der Waals surface area contributed by atoms with Crippen molar-refractivity contribution in [1.29, 1.82) is 0 Å². The zero-order valence-corrected chi connectivity index (χ0v) is 10.7. The molecule has 4 aliphatic rings. The SMILES string of the molecule is CC(F)(F)C(O)OCC12CC3CC4CC(C1)C32C4. The second-order valence-corrected chi connectivity index (χ2v) is 7.28. The smallest absolute Gasteiger partial charge is 0.295 e. The van der Waals surface area contributed by atoms with Gasteiger partial charge in [-0.25, -0.2) is 8.78 Å². The van der Waals surface area contributed by atoms with E-state index in [4.69, 9.17) is 4.74 Å². The van der Waals surface area contributed by atoms with Crippen LogP contribution in [-0.2, 0) is 4.74 Å². The molecule has 0 heterocycles. The average Bonchev–Trinajstić information content (AvgIpc) is 2.74. The Morgan fingerprint density at radius 2 is 1.89 bits per heavy atom. The molecule has 4 rings (SSSR count). The molecule has 3 atom stereocenters. The van der Waals surface area contributed by atoms with Crippen molar-refractivity contribution in [3.63, 3.8) is 0 Å². The predicted molar refractivity (Wildman–Crippen MR) is 61.0 cm³/mol. The second-order valence-electron chi connectivity index (χ2n) is 7.28. The summed E-state index contributed by atoms with van der Waals surface area (Å²) >= 11 is 0. The van der Waals surface area contributed by atoms with Gasteiger partial charge in [-0.15, -0.1) is 0 Å². The van der Waals surface area contributed by atoms with E-state index in [-0.39, 0.29) is 5.41 Å². The number of hydrogen-bond donors (Lipinski definition) is 1. The summed E-state index contributed by atoms with van der Waals surface area (Å²) in [7, 11) is 0. The molecule has 0 radical (unpaired) electrons. The predicted octanol–water partition coefficient (Wildman–Crippen LogP) is 2.80. The third-order valence-electron chi connectivity index (χ3n) is 6.53. The van der Waals surface area contributed by atoms with E-state index in [0.717, 1.165) is 30.6 Å². The van der Waals surface area contributed by atoms with Crippen LogP contribution in [0.1, 0.15) is 39.0 Å². The van der Waals surface area contributed by atoms with Crippen LogP contribution >= 0.6 is 0 Å². The molecule has 18 heavy (non-hydrogen) atoms. The molecule has 4 fully saturated rings. The van der Waals surface area contributed by atoms with Crippen molar-refractivity contribution in [3.8, 4) is 0 Å². The molecule has 4 saturated carbocycles. The van der Waals surface area contributed by atoms with Crippen LogP contribution in [0.15, 0.2) is 0 Å². The van der Waals surface area contributed by atoms with Crippen LogP contribution in [0, 0.1) is 28.6 Å². The number of hydrogen-bond acceptors (Lipinski definition) is 2. The zero-order chi connectivity index (χ0) is 12.8. The Labute approximate surface area is 106 Å². The molecule has 0 aromatic rings. The zero-order valence-electron chi connectivity index (χ0n) is 10.7. The van der Waals surface area contributed by atoms with Crippen LogP contribution in [0.3, 0.4) is 0 Å². The number of alkyl halides is 2. The number of ether oxygens (including phenoxy) is 1. The Hall–Kier alpha value is -0.220. The minimum absolute atomic E-state index is 0.139. The fraction of sp³-hybridized carbons (Fsp3) is 1.00. The van der Waals surface area contributed by atoms with Crippen molar-refractivity contribution in [2.24, 2.45) is 28.6 Å². The molecule has 4 heteroatoms. The molecule has 2 nitrogen and oxygen atoms in total. The van der Waals surface area contributed by atoms with Gasteiger partial charge in [0.05, 0.1) is 6.61 Å². The number of rotatable bonds is 4. The third-order valence-corrected chi connectivity index (χ3v) is 6.53. The molecular weight excluding hydrogens is 238 g/mol. The van der Waals surface area contributed by atoms with Gasteiger partial charge in [0, 0.05) is 12.3 Å². The van der Waals surface area contributed by atoms with E-state index in [1.54, 1.807) is 0 Å².